The maximum atomic E-state index is 13.3. The van der Waals surface area contributed by atoms with Gasteiger partial charge in [0.2, 0.25) is 0 Å². The van der Waals surface area contributed by atoms with Crippen LogP contribution in [0.5, 0.6) is 17.2 Å². The monoisotopic (exact) mass is 471 g/mol. The number of nitrogens with one attached hydrogen (secondary N) is 1. The predicted octanol–water partition coefficient (Wildman–Crippen LogP) is 4.35. The molecule has 0 unspecified atom stereocenters. The molecule has 2 aromatic heterocycles. The fraction of sp³-hybridized carbons (Fsp3) is 0.136. The maximum absolute atomic E-state index is 13.3. The summed E-state index contributed by atoms with van der Waals surface area (Å²) in [6, 6.07) is 10.1. The zero-order valence-electron chi connectivity index (χ0n) is 17.3. The first kappa shape index (κ1) is 21.7. The highest BCUT2D eigenvalue weighted by atomic mass is 35.5. The Balaban J connectivity index is 1.82. The second-order valence-electron chi connectivity index (χ2n) is 6.58. The lowest BCUT2D eigenvalue weighted by Crippen LogP contribution is -2.26. The number of thiazole rings is 1. The Morgan fingerprint density at radius 1 is 1.06 bits per heavy atom. The van der Waals surface area contributed by atoms with Gasteiger partial charge in [-0.3, -0.25) is 14.0 Å². The van der Waals surface area contributed by atoms with Crippen LogP contribution in [0.25, 0.3) is 16.2 Å². The van der Waals surface area contributed by atoms with E-state index in [4.69, 9.17) is 25.8 Å². The van der Waals surface area contributed by atoms with Crippen LogP contribution in [-0.4, -0.2) is 36.6 Å². The van der Waals surface area contributed by atoms with Gasteiger partial charge in [0, 0.05) is 22.2 Å². The summed E-state index contributed by atoms with van der Waals surface area (Å²) in [5, 5.41) is 4.87. The molecule has 2 aromatic carbocycles. The molecule has 0 atom stereocenters. The van der Waals surface area contributed by atoms with E-state index in [-0.39, 0.29) is 5.56 Å². The molecule has 0 saturated carbocycles. The van der Waals surface area contributed by atoms with E-state index in [9.17, 15) is 9.59 Å². The number of carbonyl (C=O) groups is 1. The third-order valence-corrected chi connectivity index (χ3v) is 5.86. The number of rotatable bonds is 6. The van der Waals surface area contributed by atoms with Gasteiger partial charge in [0.15, 0.2) is 4.96 Å². The summed E-state index contributed by atoms with van der Waals surface area (Å²) in [4.78, 5) is 31.0. The SMILES string of the molecule is COc1ccc(OC)c(-c2csc3ncc(C(=O)Nc4cc(Cl)ccc4OC)c(=O)n23)c1. The first-order valence-electron chi connectivity index (χ1n) is 9.33. The highest BCUT2D eigenvalue weighted by Gasteiger charge is 2.20. The largest absolute Gasteiger partial charge is 0.497 e. The number of ether oxygens (including phenoxy) is 3. The Hall–Kier alpha value is -3.56. The lowest BCUT2D eigenvalue weighted by molar-refractivity contribution is 0.102. The Morgan fingerprint density at radius 2 is 1.81 bits per heavy atom. The van der Waals surface area contributed by atoms with Crippen LogP contribution in [0.3, 0.4) is 0 Å². The van der Waals surface area contributed by atoms with Gasteiger partial charge in [-0.15, -0.1) is 11.3 Å². The average Bonchev–Trinajstić information content (AvgIpc) is 3.24. The second kappa shape index (κ2) is 8.89. The topological polar surface area (TPSA) is 91.2 Å². The van der Waals surface area contributed by atoms with Crippen LogP contribution in [0.15, 0.2) is 52.8 Å². The minimum absolute atomic E-state index is 0.133. The molecule has 0 fully saturated rings. The van der Waals surface area contributed by atoms with E-state index in [1.165, 1.54) is 36.2 Å². The van der Waals surface area contributed by atoms with Gasteiger partial charge in [-0.2, -0.15) is 0 Å². The number of halogens is 1. The Bertz CT molecular complexity index is 1380. The molecule has 0 aliphatic rings. The molecule has 0 aliphatic heterocycles. The lowest BCUT2D eigenvalue weighted by atomic mass is 10.1. The molecule has 164 valence electrons. The number of benzene rings is 2. The Kier molecular flexibility index (Phi) is 6.02. The predicted molar refractivity (Wildman–Crippen MR) is 124 cm³/mol. The Labute approximate surface area is 192 Å². The smallest absolute Gasteiger partial charge is 0.271 e. The summed E-state index contributed by atoms with van der Waals surface area (Å²) >= 11 is 7.31. The van der Waals surface area contributed by atoms with E-state index in [1.807, 2.05) is 0 Å². The quantitative estimate of drug-likeness (QED) is 0.449. The molecule has 0 bridgehead atoms. The summed E-state index contributed by atoms with van der Waals surface area (Å²) < 4.78 is 17.4. The molecule has 0 aliphatic carbocycles. The molecule has 8 nitrogen and oxygen atoms in total. The van der Waals surface area contributed by atoms with Crippen molar-refractivity contribution >= 4 is 39.5 Å². The van der Waals surface area contributed by atoms with Crippen LogP contribution in [0.4, 0.5) is 5.69 Å². The normalized spacial score (nSPS) is 10.8. The molecule has 0 saturated heterocycles. The molecular weight excluding hydrogens is 454 g/mol. The van der Waals surface area contributed by atoms with Crippen molar-refractivity contribution in [2.24, 2.45) is 0 Å². The van der Waals surface area contributed by atoms with E-state index in [0.717, 1.165) is 0 Å². The molecule has 1 amide bonds. The van der Waals surface area contributed by atoms with Crippen LogP contribution < -0.4 is 25.1 Å². The lowest BCUT2D eigenvalue weighted by Gasteiger charge is -2.12. The molecule has 1 N–H and O–H groups in total. The zero-order valence-corrected chi connectivity index (χ0v) is 18.9. The van der Waals surface area contributed by atoms with Crippen molar-refractivity contribution in [2.45, 2.75) is 0 Å². The minimum atomic E-state index is -0.632. The fourth-order valence-corrected chi connectivity index (χ4v) is 4.24. The van der Waals surface area contributed by atoms with E-state index < -0.39 is 11.5 Å². The van der Waals surface area contributed by atoms with Crippen LogP contribution >= 0.6 is 22.9 Å². The zero-order chi connectivity index (χ0) is 22.8. The van der Waals surface area contributed by atoms with E-state index >= 15 is 0 Å². The molecule has 10 heteroatoms. The van der Waals surface area contributed by atoms with E-state index in [2.05, 4.69) is 10.3 Å². The van der Waals surface area contributed by atoms with Crippen LogP contribution in [0.1, 0.15) is 10.4 Å². The number of aromatic nitrogens is 2. The van der Waals surface area contributed by atoms with Gasteiger partial charge in [-0.1, -0.05) is 11.6 Å². The number of nitrogens with zero attached hydrogens (tertiary/aromatic N) is 2. The highest BCUT2D eigenvalue weighted by Crippen LogP contribution is 2.35. The standard InChI is InChI=1S/C22H18ClN3O5S/c1-29-13-5-7-18(30-2)14(9-13)17-11-32-22-24-10-15(21(28)26(17)22)20(27)25-16-8-12(23)4-6-19(16)31-3/h4-11H,1-3H3,(H,25,27). The number of hydrogen-bond acceptors (Lipinski definition) is 7. The molecule has 4 aromatic rings. The van der Waals surface area contributed by atoms with Crippen LogP contribution in [0, 0.1) is 0 Å². The van der Waals surface area contributed by atoms with Gasteiger partial charge in [0.1, 0.15) is 22.8 Å². The summed E-state index contributed by atoms with van der Waals surface area (Å²) in [6.07, 6.45) is 1.26. The molecule has 0 radical (unpaired) electrons. The van der Waals surface area contributed by atoms with E-state index in [1.54, 1.807) is 48.9 Å². The average molecular weight is 472 g/mol. The minimum Gasteiger partial charge on any atom is -0.497 e. The summed E-state index contributed by atoms with van der Waals surface area (Å²) in [5.41, 5.74) is 0.861. The number of methoxy groups -OCH3 is 3. The molecule has 4 rings (SSSR count). The number of hydrogen-bond donors (Lipinski definition) is 1. The van der Waals surface area contributed by atoms with Gasteiger partial charge >= 0.3 is 0 Å². The third-order valence-electron chi connectivity index (χ3n) is 4.78. The highest BCUT2D eigenvalue weighted by molar-refractivity contribution is 7.15. The molecule has 0 spiro atoms. The first-order valence-corrected chi connectivity index (χ1v) is 10.6. The van der Waals surface area contributed by atoms with Gasteiger partial charge < -0.3 is 19.5 Å². The van der Waals surface area contributed by atoms with Gasteiger partial charge in [-0.25, -0.2) is 4.98 Å². The third kappa shape index (κ3) is 3.88. The first-order chi connectivity index (χ1) is 15.5. The molecule has 32 heavy (non-hydrogen) atoms. The van der Waals surface area contributed by atoms with Crippen molar-refractivity contribution in [3.63, 3.8) is 0 Å². The maximum Gasteiger partial charge on any atom is 0.271 e. The second-order valence-corrected chi connectivity index (χ2v) is 7.85. The summed E-state index contributed by atoms with van der Waals surface area (Å²) in [7, 11) is 4.57. The van der Waals surface area contributed by atoms with Gasteiger partial charge in [0.25, 0.3) is 11.5 Å². The van der Waals surface area contributed by atoms with Crippen molar-refractivity contribution in [3.8, 4) is 28.5 Å². The van der Waals surface area contributed by atoms with Gasteiger partial charge in [-0.05, 0) is 36.4 Å². The molecular formula is C22H18ClN3O5S. The summed E-state index contributed by atoms with van der Waals surface area (Å²) in [5.74, 6) is 0.931. The van der Waals surface area contributed by atoms with Crippen molar-refractivity contribution < 1.29 is 19.0 Å². The molecule has 2 heterocycles. The summed E-state index contributed by atoms with van der Waals surface area (Å²) in [6.45, 7) is 0. The van der Waals surface area contributed by atoms with Crippen LogP contribution in [0.2, 0.25) is 5.02 Å². The van der Waals surface area contributed by atoms with Crippen molar-refractivity contribution in [3.05, 3.63) is 68.9 Å². The number of amides is 1. The number of carbonyl (C=O) groups excluding carboxylic acids is 1. The fourth-order valence-electron chi connectivity index (χ4n) is 3.22. The van der Waals surface area contributed by atoms with Crippen molar-refractivity contribution in [1.82, 2.24) is 9.38 Å². The Morgan fingerprint density at radius 3 is 2.53 bits per heavy atom. The number of anilines is 1. The van der Waals surface area contributed by atoms with Crippen LogP contribution in [-0.2, 0) is 0 Å². The van der Waals surface area contributed by atoms with E-state index in [0.29, 0.717) is 44.2 Å². The van der Waals surface area contributed by atoms with Gasteiger partial charge in [0.05, 0.1) is 32.7 Å². The number of fused-ring (bicyclic) bond motifs is 1. The van der Waals surface area contributed by atoms with Crippen molar-refractivity contribution in [1.29, 1.82) is 0 Å². The van der Waals surface area contributed by atoms with Crippen molar-refractivity contribution in [2.75, 3.05) is 26.6 Å².